The van der Waals surface area contributed by atoms with Crippen LogP contribution in [-0.4, -0.2) is 28.2 Å². The van der Waals surface area contributed by atoms with Gasteiger partial charge >= 0.3 is 0 Å². The molecule has 2 aromatic carbocycles. The van der Waals surface area contributed by atoms with Crippen molar-refractivity contribution in [3.63, 3.8) is 0 Å². The minimum Gasteiger partial charge on any atom is -0.856 e. The van der Waals surface area contributed by atoms with Gasteiger partial charge in [0, 0.05) is 25.0 Å². The molecule has 0 saturated heterocycles. The van der Waals surface area contributed by atoms with Crippen molar-refractivity contribution >= 4 is 17.5 Å². The summed E-state index contributed by atoms with van der Waals surface area (Å²) in [5, 5.41) is 19.4. The molecular formula is C19H19N3O2. The zero-order chi connectivity index (χ0) is 17.1. The maximum Gasteiger partial charge on any atom is 0.252 e. The highest BCUT2D eigenvalue weighted by atomic mass is 16.3. The Balaban J connectivity index is 1.94. The van der Waals surface area contributed by atoms with Crippen LogP contribution in [0, 0.1) is 0 Å². The molecule has 122 valence electrons. The first kappa shape index (κ1) is 15.9. The van der Waals surface area contributed by atoms with Crippen LogP contribution >= 0.6 is 0 Å². The quantitative estimate of drug-likeness (QED) is 0.875. The summed E-state index contributed by atoms with van der Waals surface area (Å²) in [5.41, 5.74) is 2.35. The number of hydrogen-bond acceptors (Lipinski definition) is 3. The fourth-order valence-corrected chi connectivity index (χ4v) is 2.82. The summed E-state index contributed by atoms with van der Waals surface area (Å²) in [4.78, 5) is 12.5. The van der Waals surface area contributed by atoms with Crippen molar-refractivity contribution in [2.24, 2.45) is 5.10 Å². The molecule has 0 fully saturated rings. The zero-order valence-corrected chi connectivity index (χ0v) is 13.6. The minimum absolute atomic E-state index is 0.277. The second-order valence-corrected chi connectivity index (χ2v) is 5.90. The highest BCUT2D eigenvalue weighted by molar-refractivity contribution is 5.97. The van der Waals surface area contributed by atoms with Gasteiger partial charge in [-0.15, -0.1) is 0 Å². The SMILES string of the molecule is CC(C)=[N+]1N=C([O-])[C@H](NC(=O)c2ccccc2)[C@H]1c1ccccc1. The number of nitrogens with zero attached hydrogens (tertiary/aromatic N) is 2. The molecular weight excluding hydrogens is 302 g/mol. The third kappa shape index (κ3) is 3.06. The first-order valence-corrected chi connectivity index (χ1v) is 7.83. The summed E-state index contributed by atoms with van der Waals surface area (Å²) in [5.74, 6) is -0.616. The van der Waals surface area contributed by atoms with E-state index in [0.29, 0.717) is 5.56 Å². The van der Waals surface area contributed by atoms with E-state index in [1.54, 1.807) is 28.9 Å². The van der Waals surface area contributed by atoms with E-state index >= 15 is 0 Å². The van der Waals surface area contributed by atoms with Gasteiger partial charge in [-0.2, -0.15) is 0 Å². The Morgan fingerprint density at radius 2 is 1.62 bits per heavy atom. The molecule has 2 aromatic rings. The Labute approximate surface area is 141 Å². The topological polar surface area (TPSA) is 67.5 Å². The maximum atomic E-state index is 12.5. The minimum atomic E-state index is -0.713. The Bertz CT molecular complexity index is 794. The standard InChI is InChI=1S/C19H19N3O2/c1-13(2)22-17(14-9-5-3-6-10-14)16(19(24)21-22)20-18(23)15-11-7-4-8-12-15/h3-12,16-17H,1-2H3,(H-,20,21,23,24)/t16-,17-/m1/s1. The molecule has 1 aliphatic rings. The van der Waals surface area contributed by atoms with Gasteiger partial charge in [-0.3, -0.25) is 4.79 Å². The van der Waals surface area contributed by atoms with Crippen molar-refractivity contribution in [1.29, 1.82) is 0 Å². The van der Waals surface area contributed by atoms with Gasteiger partial charge in [-0.25, -0.2) is 0 Å². The number of carbonyl (C=O) groups excluding carboxylic acids is 1. The van der Waals surface area contributed by atoms with E-state index in [1.807, 2.05) is 50.2 Å². The van der Waals surface area contributed by atoms with Crippen LogP contribution in [0.3, 0.4) is 0 Å². The van der Waals surface area contributed by atoms with E-state index in [9.17, 15) is 9.90 Å². The van der Waals surface area contributed by atoms with Crippen LogP contribution in [0.15, 0.2) is 65.8 Å². The molecule has 1 aliphatic heterocycles. The molecule has 0 aromatic heterocycles. The number of carbonyl (C=O) groups is 1. The number of rotatable bonds is 3. The van der Waals surface area contributed by atoms with Crippen LogP contribution in [-0.2, 0) is 0 Å². The lowest BCUT2D eigenvalue weighted by Gasteiger charge is -2.20. The monoisotopic (exact) mass is 321 g/mol. The zero-order valence-electron chi connectivity index (χ0n) is 13.6. The lowest BCUT2D eigenvalue weighted by molar-refractivity contribution is -0.571. The van der Waals surface area contributed by atoms with Crippen LogP contribution in [0.4, 0.5) is 0 Å². The van der Waals surface area contributed by atoms with Gasteiger partial charge in [-0.05, 0) is 17.2 Å². The average Bonchev–Trinajstić information content (AvgIpc) is 2.93. The molecule has 24 heavy (non-hydrogen) atoms. The van der Waals surface area contributed by atoms with Crippen LogP contribution in [0.5, 0.6) is 0 Å². The predicted octanol–water partition coefficient (Wildman–Crippen LogP) is 1.71. The van der Waals surface area contributed by atoms with Crippen molar-refractivity contribution < 1.29 is 14.6 Å². The van der Waals surface area contributed by atoms with Gasteiger partial charge in [0.2, 0.25) is 6.04 Å². The Hall–Kier alpha value is -2.95. The number of amides is 1. The summed E-state index contributed by atoms with van der Waals surface area (Å²) in [7, 11) is 0. The van der Waals surface area contributed by atoms with Crippen LogP contribution < -0.4 is 10.4 Å². The molecule has 1 N–H and O–H groups in total. The lowest BCUT2D eigenvalue weighted by atomic mass is 9.99. The van der Waals surface area contributed by atoms with E-state index in [-0.39, 0.29) is 17.8 Å². The average molecular weight is 321 g/mol. The summed E-state index contributed by atoms with van der Waals surface area (Å²) in [6, 6.07) is 17.4. The first-order chi connectivity index (χ1) is 11.6. The third-order valence-corrected chi connectivity index (χ3v) is 3.97. The molecule has 0 saturated carbocycles. The summed E-state index contributed by atoms with van der Waals surface area (Å²) in [6.45, 7) is 3.79. The summed E-state index contributed by atoms with van der Waals surface area (Å²) in [6.07, 6.45) is 0. The van der Waals surface area contributed by atoms with E-state index in [1.165, 1.54) is 0 Å². The van der Waals surface area contributed by atoms with Gasteiger partial charge in [0.1, 0.15) is 6.04 Å². The number of hydrazone groups is 1. The Kier molecular flexibility index (Phi) is 4.42. The largest absolute Gasteiger partial charge is 0.856 e. The molecule has 0 unspecified atom stereocenters. The maximum absolute atomic E-state index is 12.5. The molecule has 5 heteroatoms. The third-order valence-electron chi connectivity index (χ3n) is 3.97. The molecule has 0 aliphatic carbocycles. The van der Waals surface area contributed by atoms with Crippen LogP contribution in [0.25, 0.3) is 0 Å². The van der Waals surface area contributed by atoms with Gasteiger partial charge in [0.05, 0.1) is 5.90 Å². The normalized spacial score (nSPS) is 19.8. The van der Waals surface area contributed by atoms with E-state index in [2.05, 4.69) is 10.4 Å². The second-order valence-electron chi connectivity index (χ2n) is 5.90. The summed E-state index contributed by atoms with van der Waals surface area (Å²) >= 11 is 0. The number of nitrogens with one attached hydrogen (secondary N) is 1. The number of hydrogen-bond donors (Lipinski definition) is 1. The van der Waals surface area contributed by atoms with Gasteiger partial charge in [-0.1, -0.05) is 53.2 Å². The van der Waals surface area contributed by atoms with Crippen LogP contribution in [0.2, 0.25) is 0 Å². The van der Waals surface area contributed by atoms with Crippen molar-refractivity contribution in [3.05, 3.63) is 71.8 Å². The van der Waals surface area contributed by atoms with Gasteiger partial charge < -0.3 is 10.4 Å². The molecule has 2 atom stereocenters. The summed E-state index contributed by atoms with van der Waals surface area (Å²) < 4.78 is 1.69. The lowest BCUT2D eigenvalue weighted by Crippen LogP contribution is -2.47. The smallest absolute Gasteiger partial charge is 0.252 e. The highest BCUT2D eigenvalue weighted by Crippen LogP contribution is 2.27. The van der Waals surface area contributed by atoms with Gasteiger partial charge in [0.15, 0.2) is 5.71 Å². The van der Waals surface area contributed by atoms with Crippen molar-refractivity contribution in [1.82, 2.24) is 5.32 Å². The molecule has 3 rings (SSSR count). The van der Waals surface area contributed by atoms with E-state index in [0.717, 1.165) is 11.3 Å². The van der Waals surface area contributed by atoms with Crippen molar-refractivity contribution in [2.75, 3.05) is 0 Å². The first-order valence-electron chi connectivity index (χ1n) is 7.83. The van der Waals surface area contributed by atoms with Gasteiger partial charge in [0.25, 0.3) is 5.91 Å². The Morgan fingerprint density at radius 3 is 2.21 bits per heavy atom. The molecule has 0 spiro atoms. The fourth-order valence-electron chi connectivity index (χ4n) is 2.82. The molecule has 0 radical (unpaired) electrons. The predicted molar refractivity (Wildman–Crippen MR) is 90.9 cm³/mol. The molecule has 0 bridgehead atoms. The van der Waals surface area contributed by atoms with Crippen LogP contribution in [0.1, 0.15) is 35.8 Å². The fraction of sp³-hybridized carbons (Fsp3) is 0.211. The van der Waals surface area contributed by atoms with E-state index < -0.39 is 6.04 Å². The number of benzene rings is 2. The van der Waals surface area contributed by atoms with Crippen molar-refractivity contribution in [3.8, 4) is 0 Å². The molecule has 1 heterocycles. The Morgan fingerprint density at radius 1 is 1.04 bits per heavy atom. The van der Waals surface area contributed by atoms with Crippen molar-refractivity contribution in [2.45, 2.75) is 25.9 Å². The van der Waals surface area contributed by atoms with E-state index in [4.69, 9.17) is 0 Å². The molecule has 1 amide bonds. The highest BCUT2D eigenvalue weighted by Gasteiger charge is 2.41. The second kappa shape index (κ2) is 6.66. The molecule has 5 nitrogen and oxygen atoms in total.